The average molecular weight is 392 g/mol. The Morgan fingerprint density at radius 1 is 1.07 bits per heavy atom. The third-order valence-electron chi connectivity index (χ3n) is 4.13. The molecule has 0 aliphatic rings. The van der Waals surface area contributed by atoms with Gasteiger partial charge in [-0.25, -0.2) is 10.4 Å². The van der Waals surface area contributed by atoms with E-state index < -0.39 is 0 Å². The lowest BCUT2D eigenvalue weighted by Gasteiger charge is -2.06. The molecule has 0 radical (unpaired) electrons. The summed E-state index contributed by atoms with van der Waals surface area (Å²) in [6.07, 6.45) is 0. The molecule has 0 aliphatic heterocycles. The van der Waals surface area contributed by atoms with Crippen LogP contribution in [0.1, 0.15) is 12.5 Å². The van der Waals surface area contributed by atoms with E-state index >= 15 is 0 Å². The van der Waals surface area contributed by atoms with Gasteiger partial charge in [-0.3, -0.25) is 4.79 Å². The van der Waals surface area contributed by atoms with E-state index in [1.54, 1.807) is 11.3 Å². The van der Waals surface area contributed by atoms with Crippen molar-refractivity contribution in [2.24, 2.45) is 5.10 Å². The Bertz CT molecular complexity index is 1110. The number of thioether (sulfide) groups is 1. The van der Waals surface area contributed by atoms with Gasteiger partial charge in [0, 0.05) is 5.56 Å². The third kappa shape index (κ3) is 4.02. The highest BCUT2D eigenvalue weighted by atomic mass is 32.2. The molecule has 27 heavy (non-hydrogen) atoms. The molecule has 134 valence electrons. The van der Waals surface area contributed by atoms with Gasteiger partial charge in [-0.05, 0) is 29.8 Å². The maximum absolute atomic E-state index is 12.2. The van der Waals surface area contributed by atoms with Gasteiger partial charge >= 0.3 is 0 Å². The van der Waals surface area contributed by atoms with Gasteiger partial charge in [0.2, 0.25) is 0 Å². The Kier molecular flexibility index (Phi) is 5.18. The van der Waals surface area contributed by atoms with Crippen LogP contribution in [-0.2, 0) is 4.79 Å². The topological polar surface area (TPSA) is 54.4 Å². The molecule has 0 fully saturated rings. The SMILES string of the molecule is CC(=NNC(=O)CSc1nc2ccccc2s1)c1cccc2ccccc12. The maximum atomic E-state index is 12.2. The zero-order chi connectivity index (χ0) is 18.6. The van der Waals surface area contributed by atoms with Crippen molar-refractivity contribution in [1.29, 1.82) is 0 Å². The fourth-order valence-corrected chi connectivity index (χ4v) is 4.68. The largest absolute Gasteiger partial charge is 0.272 e. The first-order valence-corrected chi connectivity index (χ1v) is 10.3. The van der Waals surface area contributed by atoms with Crippen molar-refractivity contribution in [2.75, 3.05) is 5.75 Å². The number of rotatable bonds is 5. The number of fused-ring (bicyclic) bond motifs is 2. The molecule has 0 aliphatic carbocycles. The number of carbonyl (C=O) groups is 1. The number of benzene rings is 3. The van der Waals surface area contributed by atoms with Crippen molar-refractivity contribution >= 4 is 55.7 Å². The van der Waals surface area contributed by atoms with Crippen LogP contribution in [0.25, 0.3) is 21.0 Å². The number of hydrogen-bond donors (Lipinski definition) is 1. The molecule has 4 rings (SSSR count). The van der Waals surface area contributed by atoms with Crippen molar-refractivity contribution in [3.05, 3.63) is 72.3 Å². The summed E-state index contributed by atoms with van der Waals surface area (Å²) in [4.78, 5) is 16.7. The standard InChI is InChI=1S/C21H17N3OS2/c1-14(16-10-6-8-15-7-2-3-9-17(15)16)23-24-20(25)13-26-21-22-18-11-4-5-12-19(18)27-21/h2-12H,13H2,1H3,(H,24,25). The smallest absolute Gasteiger partial charge is 0.250 e. The predicted octanol–water partition coefficient (Wildman–Crippen LogP) is 5.08. The van der Waals surface area contributed by atoms with Gasteiger partial charge in [0.15, 0.2) is 4.34 Å². The van der Waals surface area contributed by atoms with E-state index in [0.717, 1.165) is 36.6 Å². The molecular formula is C21H17N3OS2. The first kappa shape index (κ1) is 17.7. The third-order valence-corrected chi connectivity index (χ3v) is 6.31. The van der Waals surface area contributed by atoms with E-state index in [9.17, 15) is 4.79 Å². The second-order valence-corrected chi connectivity index (χ2v) is 8.25. The second kappa shape index (κ2) is 7.90. The Morgan fingerprint density at radius 3 is 2.74 bits per heavy atom. The molecule has 3 aromatic carbocycles. The number of thiazole rings is 1. The highest BCUT2D eigenvalue weighted by Gasteiger charge is 2.08. The molecule has 0 unspecified atom stereocenters. The van der Waals surface area contributed by atoms with E-state index in [4.69, 9.17) is 0 Å². The van der Waals surface area contributed by atoms with Crippen LogP contribution < -0.4 is 5.43 Å². The van der Waals surface area contributed by atoms with Crippen LogP contribution in [0, 0.1) is 0 Å². The number of carbonyl (C=O) groups excluding carboxylic acids is 1. The molecular weight excluding hydrogens is 374 g/mol. The number of amides is 1. The van der Waals surface area contributed by atoms with E-state index in [-0.39, 0.29) is 11.7 Å². The number of hydrazone groups is 1. The molecule has 0 atom stereocenters. The number of nitrogens with zero attached hydrogens (tertiary/aromatic N) is 2. The van der Waals surface area contributed by atoms with E-state index in [1.165, 1.54) is 11.8 Å². The van der Waals surface area contributed by atoms with Gasteiger partial charge in [0.05, 0.1) is 21.7 Å². The van der Waals surface area contributed by atoms with Gasteiger partial charge in [0.1, 0.15) is 0 Å². The minimum atomic E-state index is -0.140. The summed E-state index contributed by atoms with van der Waals surface area (Å²) in [7, 11) is 0. The first-order valence-electron chi connectivity index (χ1n) is 8.50. The lowest BCUT2D eigenvalue weighted by Crippen LogP contribution is -2.21. The summed E-state index contributed by atoms with van der Waals surface area (Å²) >= 11 is 3.03. The number of para-hydroxylation sites is 1. The Hall–Kier alpha value is -2.70. The van der Waals surface area contributed by atoms with Crippen LogP contribution in [0.4, 0.5) is 0 Å². The highest BCUT2D eigenvalue weighted by molar-refractivity contribution is 8.01. The van der Waals surface area contributed by atoms with Gasteiger partial charge in [-0.2, -0.15) is 5.10 Å². The Labute approximate surface area is 165 Å². The molecule has 1 aromatic heterocycles. The van der Waals surface area contributed by atoms with Crippen LogP contribution in [0.3, 0.4) is 0 Å². The summed E-state index contributed by atoms with van der Waals surface area (Å²) in [5.41, 5.74) is 5.43. The molecule has 0 saturated heterocycles. The van der Waals surface area contributed by atoms with E-state index in [1.807, 2.05) is 55.5 Å². The summed E-state index contributed by atoms with van der Waals surface area (Å²) in [5.74, 6) is 0.144. The highest BCUT2D eigenvalue weighted by Crippen LogP contribution is 2.29. The van der Waals surface area contributed by atoms with Gasteiger partial charge in [0.25, 0.3) is 5.91 Å². The molecule has 0 saturated carbocycles. The molecule has 6 heteroatoms. The Morgan fingerprint density at radius 2 is 1.85 bits per heavy atom. The molecule has 0 spiro atoms. The van der Waals surface area contributed by atoms with Crippen molar-refractivity contribution in [2.45, 2.75) is 11.3 Å². The van der Waals surface area contributed by atoms with E-state index in [2.05, 4.69) is 33.7 Å². The normalized spacial score (nSPS) is 11.8. The number of hydrogen-bond acceptors (Lipinski definition) is 5. The maximum Gasteiger partial charge on any atom is 0.250 e. The molecule has 1 heterocycles. The zero-order valence-corrected chi connectivity index (χ0v) is 16.3. The van der Waals surface area contributed by atoms with Crippen molar-refractivity contribution < 1.29 is 4.79 Å². The van der Waals surface area contributed by atoms with Crippen LogP contribution in [0.2, 0.25) is 0 Å². The van der Waals surface area contributed by atoms with Gasteiger partial charge < -0.3 is 0 Å². The van der Waals surface area contributed by atoms with Gasteiger partial charge in [-0.15, -0.1) is 11.3 Å². The predicted molar refractivity (Wildman–Crippen MR) is 115 cm³/mol. The van der Waals surface area contributed by atoms with Crippen LogP contribution in [-0.4, -0.2) is 22.4 Å². The monoisotopic (exact) mass is 391 g/mol. The summed E-state index contributed by atoms with van der Waals surface area (Å²) < 4.78 is 2.02. The van der Waals surface area contributed by atoms with Crippen LogP contribution >= 0.6 is 23.1 Å². The summed E-state index contributed by atoms with van der Waals surface area (Å²) in [5, 5.41) is 6.57. The molecule has 1 amide bonds. The number of aromatic nitrogens is 1. The molecule has 0 bridgehead atoms. The van der Waals surface area contributed by atoms with Crippen LogP contribution in [0.5, 0.6) is 0 Å². The van der Waals surface area contributed by atoms with Crippen LogP contribution in [0.15, 0.2) is 76.2 Å². The second-order valence-electron chi connectivity index (χ2n) is 6.00. The minimum Gasteiger partial charge on any atom is -0.272 e. The van der Waals surface area contributed by atoms with E-state index in [0.29, 0.717) is 0 Å². The van der Waals surface area contributed by atoms with Crippen molar-refractivity contribution in [1.82, 2.24) is 10.4 Å². The Balaban J connectivity index is 1.41. The van der Waals surface area contributed by atoms with Crippen molar-refractivity contribution in [3.63, 3.8) is 0 Å². The quantitative estimate of drug-likeness (QED) is 0.293. The molecule has 4 aromatic rings. The zero-order valence-electron chi connectivity index (χ0n) is 14.7. The van der Waals surface area contributed by atoms with Gasteiger partial charge in [-0.1, -0.05) is 66.4 Å². The number of nitrogens with one attached hydrogen (secondary N) is 1. The fourth-order valence-electron chi connectivity index (χ4n) is 2.82. The summed E-state index contributed by atoms with van der Waals surface area (Å²) in [6.45, 7) is 1.91. The summed E-state index contributed by atoms with van der Waals surface area (Å²) in [6, 6.07) is 22.2. The lowest BCUT2D eigenvalue weighted by molar-refractivity contribution is -0.118. The lowest BCUT2D eigenvalue weighted by atomic mass is 10.0. The molecule has 4 nitrogen and oxygen atoms in total. The molecule has 1 N–H and O–H groups in total. The average Bonchev–Trinajstić information content (AvgIpc) is 3.13. The minimum absolute atomic E-state index is 0.140. The first-order chi connectivity index (χ1) is 13.2. The fraction of sp³-hybridized carbons (Fsp3) is 0.0952. The van der Waals surface area contributed by atoms with Crippen molar-refractivity contribution in [3.8, 4) is 0 Å².